The van der Waals surface area contributed by atoms with Gasteiger partial charge in [-0.15, -0.1) is 0 Å². The maximum Gasteiger partial charge on any atom is 0.241 e. The first-order chi connectivity index (χ1) is 10.2. The zero-order valence-electron chi connectivity index (χ0n) is 11.3. The Bertz CT molecular complexity index is 715. The molecule has 0 bridgehead atoms. The molecule has 0 fully saturated rings. The van der Waals surface area contributed by atoms with E-state index in [9.17, 15) is 0 Å². The minimum Gasteiger partial charge on any atom is -0.338 e. The van der Waals surface area contributed by atoms with Gasteiger partial charge in [0.05, 0.1) is 12.2 Å². The number of hydrogen-bond acceptors (Lipinski definition) is 6. The van der Waals surface area contributed by atoms with Gasteiger partial charge in [-0.1, -0.05) is 6.07 Å². The van der Waals surface area contributed by atoms with Crippen LogP contribution in [0.2, 0.25) is 5.28 Å². The van der Waals surface area contributed by atoms with Crippen molar-refractivity contribution >= 4 is 17.5 Å². The molecule has 0 N–H and O–H groups in total. The Hall–Kier alpha value is -2.54. The zero-order chi connectivity index (χ0) is 14.7. The molecule has 0 aliphatic heterocycles. The van der Waals surface area contributed by atoms with Gasteiger partial charge in [-0.25, -0.2) is 4.98 Å². The van der Waals surface area contributed by atoms with Crippen molar-refractivity contribution in [2.24, 2.45) is 0 Å². The van der Waals surface area contributed by atoms with Gasteiger partial charge in [-0.3, -0.25) is 9.55 Å². The van der Waals surface area contributed by atoms with Gasteiger partial charge in [0.25, 0.3) is 0 Å². The first kappa shape index (κ1) is 13.4. The minimum atomic E-state index is 0.136. The molecule has 106 valence electrons. The molecule has 3 rings (SSSR count). The van der Waals surface area contributed by atoms with Crippen LogP contribution in [0.15, 0.2) is 43.1 Å². The molecule has 0 aliphatic rings. The highest BCUT2D eigenvalue weighted by atomic mass is 35.5. The van der Waals surface area contributed by atoms with E-state index in [0.29, 0.717) is 18.4 Å². The summed E-state index contributed by atoms with van der Waals surface area (Å²) >= 11 is 5.98. The van der Waals surface area contributed by atoms with Gasteiger partial charge < -0.3 is 4.90 Å². The summed E-state index contributed by atoms with van der Waals surface area (Å²) in [6, 6.07) is 5.75. The molecule has 0 aliphatic carbocycles. The number of rotatable bonds is 4. The first-order valence-electron chi connectivity index (χ1n) is 6.23. The van der Waals surface area contributed by atoms with E-state index in [0.717, 1.165) is 5.69 Å². The van der Waals surface area contributed by atoms with E-state index in [1.54, 1.807) is 29.5 Å². The van der Waals surface area contributed by atoms with Crippen molar-refractivity contribution in [1.82, 2.24) is 29.5 Å². The van der Waals surface area contributed by atoms with Crippen LogP contribution in [0.5, 0.6) is 0 Å². The molecule has 0 unspecified atom stereocenters. The molecule has 7 nitrogen and oxygen atoms in total. The Labute approximate surface area is 126 Å². The van der Waals surface area contributed by atoms with Crippen molar-refractivity contribution in [2.75, 3.05) is 11.9 Å². The summed E-state index contributed by atoms with van der Waals surface area (Å²) in [6.07, 6.45) is 6.75. The maximum absolute atomic E-state index is 5.98. The molecule has 3 aromatic rings. The molecule has 3 heterocycles. The number of pyridine rings is 1. The maximum atomic E-state index is 5.98. The van der Waals surface area contributed by atoms with Crippen LogP contribution < -0.4 is 4.90 Å². The van der Waals surface area contributed by atoms with E-state index in [2.05, 4.69) is 24.9 Å². The molecule has 0 saturated heterocycles. The van der Waals surface area contributed by atoms with Crippen molar-refractivity contribution in [2.45, 2.75) is 6.54 Å². The van der Waals surface area contributed by atoms with Crippen LogP contribution in [0.3, 0.4) is 0 Å². The molecule has 0 saturated carbocycles. The number of anilines is 1. The minimum absolute atomic E-state index is 0.136. The molecule has 0 atom stereocenters. The predicted octanol–water partition coefficient (Wildman–Crippen LogP) is 1.74. The third-order valence-corrected chi connectivity index (χ3v) is 2.96. The molecule has 8 heteroatoms. The first-order valence-corrected chi connectivity index (χ1v) is 6.61. The van der Waals surface area contributed by atoms with Crippen LogP contribution in [-0.2, 0) is 6.54 Å². The molecule has 0 spiro atoms. The predicted molar refractivity (Wildman–Crippen MR) is 78.3 cm³/mol. The Morgan fingerprint density at radius 1 is 1.19 bits per heavy atom. The second kappa shape index (κ2) is 5.84. The highest BCUT2D eigenvalue weighted by Gasteiger charge is 2.11. The molecule has 3 aromatic heterocycles. The molecule has 0 radical (unpaired) electrons. The highest BCUT2D eigenvalue weighted by molar-refractivity contribution is 6.28. The van der Waals surface area contributed by atoms with Crippen LogP contribution in [-0.4, -0.2) is 36.5 Å². The van der Waals surface area contributed by atoms with Crippen molar-refractivity contribution in [3.05, 3.63) is 54.1 Å². The fraction of sp³-hybridized carbons (Fsp3) is 0.154. The lowest BCUT2D eigenvalue weighted by atomic mass is 10.3. The van der Waals surface area contributed by atoms with E-state index in [-0.39, 0.29) is 5.28 Å². The standard InChI is InChI=1S/C13H12ClN7/c1-20(8-10-4-2-3-5-16-10)12-17-11(14)18-13(19-12)21-7-6-15-9-21/h2-7,9H,8H2,1H3. The van der Waals surface area contributed by atoms with E-state index in [4.69, 9.17) is 11.6 Å². The third kappa shape index (κ3) is 3.14. The monoisotopic (exact) mass is 301 g/mol. The SMILES string of the molecule is CN(Cc1ccccn1)c1nc(Cl)nc(-n2ccnc2)n1. The Kier molecular flexibility index (Phi) is 3.74. The summed E-state index contributed by atoms with van der Waals surface area (Å²) in [5.74, 6) is 0.903. The number of halogens is 1. The van der Waals surface area contributed by atoms with Crippen molar-refractivity contribution < 1.29 is 0 Å². The molecule has 21 heavy (non-hydrogen) atoms. The highest BCUT2D eigenvalue weighted by Crippen LogP contribution is 2.14. The largest absolute Gasteiger partial charge is 0.338 e. The third-order valence-electron chi connectivity index (χ3n) is 2.79. The van der Waals surface area contributed by atoms with Crippen LogP contribution in [0.25, 0.3) is 5.95 Å². The number of imidazole rings is 1. The lowest BCUT2D eigenvalue weighted by molar-refractivity contribution is 0.808. The van der Waals surface area contributed by atoms with Crippen LogP contribution in [0.4, 0.5) is 5.95 Å². The van der Waals surface area contributed by atoms with E-state index in [1.807, 2.05) is 30.1 Å². The van der Waals surface area contributed by atoms with Crippen molar-refractivity contribution in [3.63, 3.8) is 0 Å². The van der Waals surface area contributed by atoms with Crippen LogP contribution >= 0.6 is 11.6 Å². The molecular formula is C13H12ClN7. The van der Waals surface area contributed by atoms with Gasteiger partial charge in [0.15, 0.2) is 0 Å². The molecular weight excluding hydrogens is 290 g/mol. The fourth-order valence-electron chi connectivity index (χ4n) is 1.80. The van der Waals surface area contributed by atoms with Crippen molar-refractivity contribution in [1.29, 1.82) is 0 Å². The normalized spacial score (nSPS) is 10.6. The van der Waals surface area contributed by atoms with Gasteiger partial charge in [-0.05, 0) is 23.7 Å². The Morgan fingerprint density at radius 2 is 2.10 bits per heavy atom. The quantitative estimate of drug-likeness (QED) is 0.731. The smallest absolute Gasteiger partial charge is 0.241 e. The average Bonchev–Trinajstić information content (AvgIpc) is 3.02. The van der Waals surface area contributed by atoms with Gasteiger partial charge >= 0.3 is 0 Å². The number of hydrogen-bond donors (Lipinski definition) is 0. The Balaban J connectivity index is 1.88. The lowest BCUT2D eigenvalue weighted by Crippen LogP contribution is -2.21. The zero-order valence-corrected chi connectivity index (χ0v) is 12.0. The second-order valence-electron chi connectivity index (χ2n) is 4.35. The topological polar surface area (TPSA) is 72.6 Å². The summed E-state index contributed by atoms with van der Waals surface area (Å²) in [5.41, 5.74) is 0.917. The number of nitrogens with zero attached hydrogens (tertiary/aromatic N) is 7. The van der Waals surface area contributed by atoms with E-state index >= 15 is 0 Å². The summed E-state index contributed by atoms with van der Waals surface area (Å²) in [5, 5.41) is 0.136. The van der Waals surface area contributed by atoms with Crippen molar-refractivity contribution in [3.8, 4) is 5.95 Å². The molecule has 0 amide bonds. The van der Waals surface area contributed by atoms with Gasteiger partial charge in [0.2, 0.25) is 17.2 Å². The Morgan fingerprint density at radius 3 is 2.81 bits per heavy atom. The van der Waals surface area contributed by atoms with Gasteiger partial charge in [-0.2, -0.15) is 15.0 Å². The van der Waals surface area contributed by atoms with Gasteiger partial charge in [0, 0.05) is 25.6 Å². The van der Waals surface area contributed by atoms with Gasteiger partial charge in [0.1, 0.15) is 6.33 Å². The summed E-state index contributed by atoms with van der Waals surface area (Å²) < 4.78 is 1.67. The number of aromatic nitrogens is 6. The fourth-order valence-corrected chi connectivity index (χ4v) is 1.95. The van der Waals surface area contributed by atoms with E-state index < -0.39 is 0 Å². The summed E-state index contributed by atoms with van der Waals surface area (Å²) in [4.78, 5) is 22.7. The summed E-state index contributed by atoms with van der Waals surface area (Å²) in [7, 11) is 1.87. The van der Waals surface area contributed by atoms with Crippen LogP contribution in [0.1, 0.15) is 5.69 Å². The van der Waals surface area contributed by atoms with Crippen LogP contribution in [0, 0.1) is 0 Å². The molecule has 0 aromatic carbocycles. The average molecular weight is 302 g/mol. The van der Waals surface area contributed by atoms with E-state index in [1.165, 1.54) is 0 Å². The summed E-state index contributed by atoms with van der Waals surface area (Å²) in [6.45, 7) is 0.574. The lowest BCUT2D eigenvalue weighted by Gasteiger charge is -2.17. The second-order valence-corrected chi connectivity index (χ2v) is 4.69.